The van der Waals surface area contributed by atoms with Crippen LogP contribution in [0.3, 0.4) is 0 Å². The molecule has 0 saturated carbocycles. The molecular weight excluding hydrogens is 354 g/mol. The van der Waals surface area contributed by atoms with Crippen LogP contribution in [0.2, 0.25) is 0 Å². The first kappa shape index (κ1) is 21.5. The van der Waals surface area contributed by atoms with Gasteiger partial charge >= 0.3 is 35.6 Å². The van der Waals surface area contributed by atoms with Crippen molar-refractivity contribution in [3.8, 4) is 0 Å². The Morgan fingerprint density at radius 3 is 1.57 bits per heavy atom. The molecule has 0 fully saturated rings. The van der Waals surface area contributed by atoms with Gasteiger partial charge < -0.3 is 5.11 Å². The molecule has 12 heteroatoms. The number of rotatable bonds is 8. The Labute approximate surface area is 122 Å². The molecule has 0 atom stereocenters. The van der Waals surface area contributed by atoms with E-state index in [1.54, 1.807) is 0 Å². The van der Waals surface area contributed by atoms with Gasteiger partial charge in [0.2, 0.25) is 0 Å². The summed E-state index contributed by atoms with van der Waals surface area (Å²) in [6.45, 7) is 2.73. The zero-order valence-electron chi connectivity index (χ0n) is 11.3. The van der Waals surface area contributed by atoms with Crippen LogP contribution in [0, 0.1) is 0 Å². The number of hydrogen-bond acceptors (Lipinski definition) is 1. The van der Waals surface area contributed by atoms with Gasteiger partial charge in [0.25, 0.3) is 0 Å². The zero-order chi connectivity index (χ0) is 19.1. The van der Waals surface area contributed by atoms with Crippen LogP contribution in [0.4, 0.5) is 43.9 Å². The average molecular weight is 364 g/mol. The Hall–Kier alpha value is -1.49. The lowest BCUT2D eigenvalue weighted by molar-refractivity contribution is -0.396. The highest BCUT2D eigenvalue weighted by atomic mass is 19.4. The van der Waals surface area contributed by atoms with Crippen LogP contribution < -0.4 is 0 Å². The third kappa shape index (κ3) is 2.99. The summed E-state index contributed by atoms with van der Waals surface area (Å²) in [6.07, 6.45) is -2.83. The Bertz CT molecular complexity index is 483. The Morgan fingerprint density at radius 1 is 0.870 bits per heavy atom. The van der Waals surface area contributed by atoms with Crippen LogP contribution in [-0.2, 0) is 4.79 Å². The number of carboxylic acids is 1. The minimum Gasteiger partial charge on any atom is -0.478 e. The first-order valence-electron chi connectivity index (χ1n) is 5.73. The summed E-state index contributed by atoms with van der Waals surface area (Å²) in [5.74, 6) is -36.3. The van der Waals surface area contributed by atoms with Gasteiger partial charge in [-0.2, -0.15) is 43.9 Å². The van der Waals surface area contributed by atoms with Crippen molar-refractivity contribution in [1.82, 2.24) is 0 Å². The summed E-state index contributed by atoms with van der Waals surface area (Å²) in [5.41, 5.74) is -2.85. The summed E-state index contributed by atoms with van der Waals surface area (Å²) >= 11 is 0. The van der Waals surface area contributed by atoms with Crippen molar-refractivity contribution in [3.63, 3.8) is 0 Å². The highest BCUT2D eigenvalue weighted by Crippen LogP contribution is 2.58. The van der Waals surface area contributed by atoms with E-state index >= 15 is 0 Å². The second kappa shape index (κ2) is 5.86. The van der Waals surface area contributed by atoms with Crippen LogP contribution in [0.5, 0.6) is 0 Å². The van der Waals surface area contributed by atoms with Crippen molar-refractivity contribution in [2.45, 2.75) is 49.4 Å². The fourth-order valence-corrected chi connectivity index (χ4v) is 1.42. The number of carboxylic acid groups (broad SMARTS) is 1. The van der Waals surface area contributed by atoms with Crippen LogP contribution >= 0.6 is 0 Å². The molecule has 0 aromatic carbocycles. The maximum Gasteiger partial charge on any atom is 0.384 e. The number of hydrogen-bond donors (Lipinski definition) is 1. The maximum absolute atomic E-state index is 13.2. The predicted octanol–water partition coefficient (Wildman–Crippen LogP) is 4.60. The van der Waals surface area contributed by atoms with Gasteiger partial charge in [0.05, 0.1) is 0 Å². The first-order valence-corrected chi connectivity index (χ1v) is 5.73. The average Bonchev–Trinajstić information content (AvgIpc) is 2.36. The third-order valence-corrected chi connectivity index (χ3v) is 2.84. The topological polar surface area (TPSA) is 37.3 Å². The highest BCUT2D eigenvalue weighted by molar-refractivity contribution is 5.88. The van der Waals surface area contributed by atoms with E-state index in [1.807, 2.05) is 6.58 Å². The van der Waals surface area contributed by atoms with Crippen LogP contribution in [-0.4, -0.2) is 40.7 Å². The Morgan fingerprint density at radius 2 is 1.26 bits per heavy atom. The molecule has 0 radical (unpaired) electrons. The number of aliphatic carboxylic acids is 1. The second-order valence-corrected chi connectivity index (χ2v) is 4.54. The molecule has 0 aliphatic heterocycles. The van der Waals surface area contributed by atoms with Gasteiger partial charge in [-0.3, -0.25) is 0 Å². The van der Waals surface area contributed by atoms with Crippen molar-refractivity contribution < 1.29 is 53.8 Å². The molecule has 0 rings (SSSR count). The van der Waals surface area contributed by atoms with Gasteiger partial charge in [0, 0.05) is 6.42 Å². The smallest absolute Gasteiger partial charge is 0.384 e. The lowest BCUT2D eigenvalue weighted by atomic mass is 9.90. The fourth-order valence-electron chi connectivity index (χ4n) is 1.42. The lowest BCUT2D eigenvalue weighted by Gasteiger charge is -2.39. The molecule has 0 heterocycles. The zero-order valence-corrected chi connectivity index (χ0v) is 11.3. The molecule has 1 N–H and O–H groups in total. The van der Waals surface area contributed by atoms with Gasteiger partial charge in [-0.25, -0.2) is 4.79 Å². The van der Waals surface area contributed by atoms with Crippen molar-refractivity contribution >= 4 is 5.97 Å². The van der Waals surface area contributed by atoms with E-state index in [2.05, 4.69) is 0 Å². The minimum atomic E-state index is -7.26. The van der Waals surface area contributed by atoms with Crippen molar-refractivity contribution in [2.75, 3.05) is 0 Å². The van der Waals surface area contributed by atoms with E-state index in [-0.39, 0.29) is 0 Å². The van der Waals surface area contributed by atoms with Gasteiger partial charge in [-0.05, 0) is 0 Å². The molecule has 136 valence electrons. The van der Waals surface area contributed by atoms with Crippen molar-refractivity contribution in [1.29, 1.82) is 0 Å². The molecular formula is C11H10F10O2. The third-order valence-electron chi connectivity index (χ3n) is 2.84. The van der Waals surface area contributed by atoms with Crippen LogP contribution in [0.15, 0.2) is 12.2 Å². The van der Waals surface area contributed by atoms with E-state index in [4.69, 9.17) is 5.11 Å². The molecule has 0 unspecified atom stereocenters. The van der Waals surface area contributed by atoms with Gasteiger partial charge in [0.15, 0.2) is 0 Å². The Balaban J connectivity index is 6.16. The highest BCUT2D eigenvalue weighted by Gasteiger charge is 2.86. The lowest BCUT2D eigenvalue weighted by Crippen LogP contribution is -2.67. The summed E-state index contributed by atoms with van der Waals surface area (Å²) in [7, 11) is 0. The van der Waals surface area contributed by atoms with E-state index in [9.17, 15) is 48.7 Å². The summed E-state index contributed by atoms with van der Waals surface area (Å²) in [6, 6.07) is 0. The number of carbonyl (C=O) groups is 1. The predicted molar refractivity (Wildman–Crippen MR) is 56.4 cm³/mol. The summed E-state index contributed by atoms with van der Waals surface area (Å²) in [4.78, 5) is 10.2. The molecule has 0 aliphatic carbocycles. The molecule has 23 heavy (non-hydrogen) atoms. The normalized spacial score (nSPS) is 14.7. The maximum atomic E-state index is 13.2. The van der Waals surface area contributed by atoms with E-state index in [0.717, 1.165) is 6.92 Å². The molecule has 0 spiro atoms. The number of halogens is 10. The molecule has 0 aliphatic rings. The monoisotopic (exact) mass is 364 g/mol. The van der Waals surface area contributed by atoms with Gasteiger partial charge in [-0.15, -0.1) is 0 Å². The van der Waals surface area contributed by atoms with Crippen LogP contribution in [0.25, 0.3) is 0 Å². The summed E-state index contributed by atoms with van der Waals surface area (Å²) < 4.78 is 132. The standard InChI is InChI=1S/C11H10F10O2/c1-3-4-7(12,13)9(16,17)11(20,21)10(18,19)8(14,15)5(2)6(22)23/h2-4H2,1H3,(H,22,23). The minimum absolute atomic E-state index is 0.834. The van der Waals surface area contributed by atoms with Crippen LogP contribution in [0.1, 0.15) is 19.8 Å². The van der Waals surface area contributed by atoms with Crippen molar-refractivity contribution in [2.24, 2.45) is 0 Å². The SMILES string of the molecule is C=C(C(=O)O)C(F)(F)C(F)(F)C(F)(F)C(F)(F)C(F)(F)CCC. The molecule has 2 nitrogen and oxygen atoms in total. The Kier molecular flexibility index (Phi) is 5.48. The van der Waals surface area contributed by atoms with Gasteiger partial charge in [0.1, 0.15) is 5.57 Å². The second-order valence-electron chi connectivity index (χ2n) is 4.54. The first-order chi connectivity index (χ1) is 9.91. The molecule has 0 aromatic rings. The summed E-state index contributed by atoms with van der Waals surface area (Å²) in [5, 5.41) is 8.10. The molecule has 0 amide bonds. The quantitative estimate of drug-likeness (QED) is 0.505. The van der Waals surface area contributed by atoms with E-state index < -0.39 is 54.0 Å². The van der Waals surface area contributed by atoms with Gasteiger partial charge in [-0.1, -0.05) is 19.9 Å². The van der Waals surface area contributed by atoms with E-state index in [0.29, 0.717) is 0 Å². The molecule has 0 aromatic heterocycles. The largest absolute Gasteiger partial charge is 0.478 e. The molecule has 0 bridgehead atoms. The van der Waals surface area contributed by atoms with E-state index in [1.165, 1.54) is 0 Å². The fraction of sp³-hybridized carbons (Fsp3) is 0.727. The number of alkyl halides is 10. The molecule has 0 saturated heterocycles. The van der Waals surface area contributed by atoms with Crippen molar-refractivity contribution in [3.05, 3.63) is 12.2 Å².